The van der Waals surface area contributed by atoms with Gasteiger partial charge in [0.25, 0.3) is 0 Å². The van der Waals surface area contributed by atoms with E-state index in [9.17, 15) is 0 Å². The zero-order valence-corrected chi connectivity index (χ0v) is 21.2. The first-order valence-corrected chi connectivity index (χ1v) is 11.2. The Morgan fingerprint density at radius 1 is 1.13 bits per heavy atom. The fourth-order valence-electron chi connectivity index (χ4n) is 3.87. The van der Waals surface area contributed by atoms with Crippen LogP contribution >= 0.6 is 24.0 Å². The zero-order chi connectivity index (χ0) is 20.5. The van der Waals surface area contributed by atoms with Crippen LogP contribution in [0.1, 0.15) is 30.9 Å². The van der Waals surface area contributed by atoms with E-state index in [1.54, 1.807) is 0 Å². The maximum atomic E-state index is 4.76. The Hall–Kier alpha value is -1.32. The molecule has 1 aliphatic rings. The van der Waals surface area contributed by atoms with Crippen molar-refractivity contribution in [2.75, 3.05) is 59.4 Å². The SMILES string of the molecule is CCNC(=NCCCCN1CCN(C)CC1)NCCc1c[nH]c2cc(C)ccc12.I. The number of hydrogen-bond donors (Lipinski definition) is 3. The highest BCUT2D eigenvalue weighted by Crippen LogP contribution is 2.19. The summed E-state index contributed by atoms with van der Waals surface area (Å²) in [4.78, 5) is 13.1. The summed E-state index contributed by atoms with van der Waals surface area (Å²) in [5.41, 5.74) is 3.87. The highest BCUT2D eigenvalue weighted by molar-refractivity contribution is 14.0. The van der Waals surface area contributed by atoms with Gasteiger partial charge in [0.2, 0.25) is 0 Å². The summed E-state index contributed by atoms with van der Waals surface area (Å²) in [6.07, 6.45) is 5.48. The van der Waals surface area contributed by atoms with Crippen molar-refractivity contribution in [3.63, 3.8) is 0 Å². The molecule has 0 bridgehead atoms. The molecule has 1 saturated heterocycles. The number of likely N-dealkylation sites (N-methyl/N-ethyl adjacent to an activating group) is 1. The van der Waals surface area contributed by atoms with Crippen molar-refractivity contribution in [1.29, 1.82) is 0 Å². The Morgan fingerprint density at radius 3 is 2.70 bits per heavy atom. The molecule has 168 valence electrons. The molecule has 0 unspecified atom stereocenters. The molecule has 30 heavy (non-hydrogen) atoms. The molecule has 2 heterocycles. The summed E-state index contributed by atoms with van der Waals surface area (Å²) >= 11 is 0. The quantitative estimate of drug-likeness (QED) is 0.203. The van der Waals surface area contributed by atoms with Crippen molar-refractivity contribution >= 4 is 40.8 Å². The monoisotopic (exact) mass is 526 g/mol. The summed E-state index contributed by atoms with van der Waals surface area (Å²) in [5, 5.41) is 8.18. The number of unbranched alkanes of at least 4 members (excludes halogenated alkanes) is 1. The number of aliphatic imine (C=N–C) groups is 1. The minimum atomic E-state index is 0. The van der Waals surface area contributed by atoms with Gasteiger partial charge in [-0.25, -0.2) is 0 Å². The topological polar surface area (TPSA) is 58.7 Å². The van der Waals surface area contributed by atoms with Crippen LogP contribution in [0.25, 0.3) is 10.9 Å². The lowest BCUT2D eigenvalue weighted by Gasteiger charge is -2.32. The van der Waals surface area contributed by atoms with Gasteiger partial charge in [-0.15, -0.1) is 24.0 Å². The Labute approximate surface area is 198 Å². The van der Waals surface area contributed by atoms with Gasteiger partial charge in [0.05, 0.1) is 0 Å². The number of halogens is 1. The predicted molar refractivity (Wildman–Crippen MR) is 139 cm³/mol. The highest BCUT2D eigenvalue weighted by Gasteiger charge is 2.12. The van der Waals surface area contributed by atoms with Crippen molar-refractivity contribution < 1.29 is 0 Å². The molecule has 1 aromatic heterocycles. The van der Waals surface area contributed by atoms with Gasteiger partial charge < -0.3 is 25.4 Å². The number of aromatic amines is 1. The van der Waals surface area contributed by atoms with E-state index in [1.165, 1.54) is 61.2 Å². The van der Waals surface area contributed by atoms with E-state index in [2.05, 4.69) is 70.7 Å². The molecule has 0 radical (unpaired) electrons. The zero-order valence-electron chi connectivity index (χ0n) is 18.8. The molecule has 3 N–H and O–H groups in total. The lowest BCUT2D eigenvalue weighted by Crippen LogP contribution is -2.44. The number of benzene rings is 1. The van der Waals surface area contributed by atoms with Crippen LogP contribution in [0.4, 0.5) is 0 Å². The molecule has 0 amide bonds. The number of H-pyrrole nitrogens is 1. The van der Waals surface area contributed by atoms with Crippen LogP contribution in [-0.2, 0) is 6.42 Å². The largest absolute Gasteiger partial charge is 0.361 e. The summed E-state index contributed by atoms with van der Waals surface area (Å²) in [6, 6.07) is 6.61. The van der Waals surface area contributed by atoms with Crippen molar-refractivity contribution in [3.8, 4) is 0 Å². The molecule has 0 atom stereocenters. The van der Waals surface area contributed by atoms with E-state index in [1.807, 2.05) is 0 Å². The van der Waals surface area contributed by atoms with Crippen LogP contribution in [0, 0.1) is 6.92 Å². The molecule has 1 fully saturated rings. The van der Waals surface area contributed by atoms with Gasteiger partial charge in [0, 0.05) is 62.9 Å². The second-order valence-corrected chi connectivity index (χ2v) is 8.15. The van der Waals surface area contributed by atoms with E-state index in [-0.39, 0.29) is 24.0 Å². The Kier molecular flexibility index (Phi) is 11.0. The fraction of sp³-hybridized carbons (Fsp3) is 0.609. The molecule has 2 aromatic rings. The summed E-state index contributed by atoms with van der Waals surface area (Å²) < 4.78 is 0. The average Bonchev–Trinajstić information content (AvgIpc) is 3.11. The third kappa shape index (κ3) is 7.74. The third-order valence-electron chi connectivity index (χ3n) is 5.70. The number of nitrogens with one attached hydrogen (secondary N) is 3. The van der Waals surface area contributed by atoms with Crippen LogP contribution in [0.3, 0.4) is 0 Å². The predicted octanol–water partition coefficient (Wildman–Crippen LogP) is 3.22. The van der Waals surface area contributed by atoms with E-state index >= 15 is 0 Å². The first-order valence-electron chi connectivity index (χ1n) is 11.2. The molecule has 6 nitrogen and oxygen atoms in total. The van der Waals surface area contributed by atoms with E-state index in [0.29, 0.717) is 0 Å². The number of rotatable bonds is 9. The Bertz CT molecular complexity index is 779. The number of fused-ring (bicyclic) bond motifs is 1. The van der Waals surface area contributed by atoms with Gasteiger partial charge in [0.1, 0.15) is 0 Å². The normalized spacial score (nSPS) is 15.9. The standard InChI is InChI=1S/C23H38N6.HI/c1-4-24-23(25-10-5-6-12-29-15-13-28(3)14-16-29)26-11-9-20-18-27-22-17-19(2)7-8-21(20)22;/h7-8,17-18,27H,4-6,9-16H2,1-3H3,(H2,24,25,26);1H. The molecular weight excluding hydrogens is 487 g/mol. The Morgan fingerprint density at radius 2 is 1.93 bits per heavy atom. The van der Waals surface area contributed by atoms with Gasteiger partial charge in [-0.2, -0.15) is 0 Å². The number of aromatic nitrogens is 1. The van der Waals surface area contributed by atoms with Crippen LogP contribution in [-0.4, -0.2) is 80.1 Å². The molecule has 0 aliphatic carbocycles. The smallest absolute Gasteiger partial charge is 0.191 e. The minimum absolute atomic E-state index is 0. The maximum Gasteiger partial charge on any atom is 0.191 e. The number of piperazine rings is 1. The van der Waals surface area contributed by atoms with Gasteiger partial charge in [-0.05, 0) is 63.9 Å². The van der Waals surface area contributed by atoms with E-state index in [0.717, 1.165) is 38.4 Å². The number of aryl methyl sites for hydroxylation is 1. The van der Waals surface area contributed by atoms with Crippen LogP contribution in [0.15, 0.2) is 29.4 Å². The number of guanidine groups is 1. The first kappa shape index (κ1) is 24.9. The van der Waals surface area contributed by atoms with Crippen LogP contribution in [0.5, 0.6) is 0 Å². The molecule has 1 aliphatic heterocycles. The summed E-state index contributed by atoms with van der Waals surface area (Å²) in [5.74, 6) is 0.933. The molecule has 7 heteroatoms. The average molecular weight is 527 g/mol. The molecular formula is C23H39IN6. The van der Waals surface area contributed by atoms with Crippen molar-refractivity contribution in [1.82, 2.24) is 25.4 Å². The summed E-state index contributed by atoms with van der Waals surface area (Å²) in [7, 11) is 2.21. The molecule has 0 saturated carbocycles. The molecule has 1 aromatic carbocycles. The van der Waals surface area contributed by atoms with Gasteiger partial charge >= 0.3 is 0 Å². The maximum absolute atomic E-state index is 4.76. The lowest BCUT2D eigenvalue weighted by molar-refractivity contribution is 0.152. The second kappa shape index (κ2) is 13.2. The minimum Gasteiger partial charge on any atom is -0.361 e. The van der Waals surface area contributed by atoms with Crippen molar-refractivity contribution in [2.45, 2.75) is 33.1 Å². The van der Waals surface area contributed by atoms with E-state index < -0.39 is 0 Å². The van der Waals surface area contributed by atoms with Crippen molar-refractivity contribution in [2.24, 2.45) is 4.99 Å². The van der Waals surface area contributed by atoms with Gasteiger partial charge in [0.15, 0.2) is 5.96 Å². The Balaban J connectivity index is 0.00000320. The second-order valence-electron chi connectivity index (χ2n) is 8.15. The van der Waals surface area contributed by atoms with E-state index in [4.69, 9.17) is 4.99 Å². The van der Waals surface area contributed by atoms with Gasteiger partial charge in [-0.3, -0.25) is 4.99 Å². The van der Waals surface area contributed by atoms with Crippen molar-refractivity contribution in [3.05, 3.63) is 35.5 Å². The van der Waals surface area contributed by atoms with Gasteiger partial charge in [-0.1, -0.05) is 12.1 Å². The van der Waals surface area contributed by atoms with Crippen LogP contribution < -0.4 is 10.6 Å². The number of hydrogen-bond acceptors (Lipinski definition) is 3. The first-order chi connectivity index (χ1) is 14.2. The molecule has 3 rings (SSSR count). The van der Waals surface area contributed by atoms with Crippen LogP contribution in [0.2, 0.25) is 0 Å². The molecule has 0 spiro atoms. The fourth-order valence-corrected chi connectivity index (χ4v) is 3.87. The number of nitrogens with zero attached hydrogens (tertiary/aromatic N) is 3. The lowest BCUT2D eigenvalue weighted by atomic mass is 10.1. The highest BCUT2D eigenvalue weighted by atomic mass is 127. The third-order valence-corrected chi connectivity index (χ3v) is 5.70. The summed E-state index contributed by atoms with van der Waals surface area (Å²) in [6.45, 7) is 12.9.